The normalized spacial score (nSPS) is 11.9. The summed E-state index contributed by atoms with van der Waals surface area (Å²) in [4.78, 5) is 27.6. The molecule has 1 N–H and O–H groups in total. The average Bonchev–Trinajstić information content (AvgIpc) is 2.70. The lowest BCUT2D eigenvalue weighted by atomic mass is 10.1. The monoisotopic (exact) mass is 466 g/mol. The zero-order valence-corrected chi connectivity index (χ0v) is 19.9. The lowest BCUT2D eigenvalue weighted by Crippen LogP contribution is -2.51. The minimum absolute atomic E-state index is 0.00147. The van der Waals surface area contributed by atoms with Crippen LogP contribution in [0.5, 0.6) is 0 Å². The number of nitrogens with one attached hydrogen (secondary N) is 1. The van der Waals surface area contributed by atoms with Gasteiger partial charge in [0.05, 0.1) is 5.75 Å². The van der Waals surface area contributed by atoms with Gasteiger partial charge in [-0.3, -0.25) is 9.59 Å². The summed E-state index contributed by atoms with van der Waals surface area (Å²) in [7, 11) is 0. The standard InChI is InChI=1S/C23H28Cl2N2O2S/c1-4-21(23(29)26-16(2)3)27(13-17-9-5-7-11-19(17)24)22(28)15-30-14-18-10-6-8-12-20(18)25/h5-12,16,21H,4,13-15H2,1-3H3,(H,26,29)/t21-/m0/s1. The highest BCUT2D eigenvalue weighted by Crippen LogP contribution is 2.23. The third-order valence-electron chi connectivity index (χ3n) is 4.56. The number of hydrogen-bond acceptors (Lipinski definition) is 3. The van der Waals surface area contributed by atoms with Crippen molar-refractivity contribution in [2.75, 3.05) is 5.75 Å². The van der Waals surface area contributed by atoms with Crippen LogP contribution in [0.2, 0.25) is 10.0 Å². The molecule has 1 atom stereocenters. The molecule has 0 fully saturated rings. The number of benzene rings is 2. The van der Waals surface area contributed by atoms with Gasteiger partial charge < -0.3 is 10.2 Å². The Morgan fingerprint density at radius 2 is 1.57 bits per heavy atom. The van der Waals surface area contributed by atoms with Gasteiger partial charge in [-0.2, -0.15) is 0 Å². The predicted octanol–water partition coefficient (Wildman–Crippen LogP) is 5.56. The van der Waals surface area contributed by atoms with Crippen molar-refractivity contribution < 1.29 is 9.59 Å². The van der Waals surface area contributed by atoms with E-state index in [1.807, 2.05) is 63.2 Å². The molecule has 0 spiro atoms. The number of carbonyl (C=O) groups excluding carboxylic acids is 2. The van der Waals surface area contributed by atoms with Crippen molar-refractivity contribution in [1.29, 1.82) is 0 Å². The molecule has 0 aromatic heterocycles. The van der Waals surface area contributed by atoms with E-state index < -0.39 is 6.04 Å². The van der Waals surface area contributed by atoms with E-state index >= 15 is 0 Å². The van der Waals surface area contributed by atoms with Crippen molar-refractivity contribution >= 4 is 46.8 Å². The smallest absolute Gasteiger partial charge is 0.243 e. The molecule has 0 aliphatic heterocycles. The largest absolute Gasteiger partial charge is 0.352 e. The van der Waals surface area contributed by atoms with Gasteiger partial charge >= 0.3 is 0 Å². The van der Waals surface area contributed by atoms with E-state index in [1.54, 1.807) is 11.0 Å². The van der Waals surface area contributed by atoms with Gasteiger partial charge in [0.2, 0.25) is 11.8 Å². The van der Waals surface area contributed by atoms with Crippen molar-refractivity contribution in [2.24, 2.45) is 0 Å². The van der Waals surface area contributed by atoms with E-state index in [9.17, 15) is 9.59 Å². The Kier molecular flexibility index (Phi) is 10.0. The van der Waals surface area contributed by atoms with Gasteiger partial charge in [-0.25, -0.2) is 0 Å². The minimum Gasteiger partial charge on any atom is -0.352 e. The molecule has 2 aromatic rings. The molecule has 30 heavy (non-hydrogen) atoms. The summed E-state index contributed by atoms with van der Waals surface area (Å²) >= 11 is 14.0. The van der Waals surface area contributed by atoms with Crippen LogP contribution in [0.15, 0.2) is 48.5 Å². The van der Waals surface area contributed by atoms with Gasteiger partial charge in [-0.05, 0) is 43.5 Å². The number of rotatable bonds is 10. The van der Waals surface area contributed by atoms with Crippen LogP contribution < -0.4 is 5.32 Å². The molecular weight excluding hydrogens is 439 g/mol. The first kappa shape index (κ1) is 24.6. The van der Waals surface area contributed by atoms with E-state index in [4.69, 9.17) is 23.2 Å². The van der Waals surface area contributed by atoms with Gasteiger partial charge in [0.1, 0.15) is 6.04 Å². The van der Waals surface area contributed by atoms with Crippen molar-refractivity contribution in [2.45, 2.75) is 51.6 Å². The Morgan fingerprint density at radius 3 is 2.10 bits per heavy atom. The maximum atomic E-state index is 13.2. The van der Waals surface area contributed by atoms with E-state index in [1.165, 1.54) is 11.8 Å². The number of halogens is 2. The van der Waals surface area contributed by atoms with E-state index in [-0.39, 0.29) is 30.2 Å². The molecule has 0 saturated carbocycles. The first-order chi connectivity index (χ1) is 14.3. The summed E-state index contributed by atoms with van der Waals surface area (Å²) in [5, 5.41) is 4.20. The average molecular weight is 467 g/mol. The Morgan fingerprint density at radius 1 is 1.00 bits per heavy atom. The van der Waals surface area contributed by atoms with Crippen LogP contribution in [0.3, 0.4) is 0 Å². The first-order valence-electron chi connectivity index (χ1n) is 9.97. The summed E-state index contributed by atoms with van der Waals surface area (Å²) in [6.45, 7) is 6.01. The van der Waals surface area contributed by atoms with Gasteiger partial charge in [-0.15, -0.1) is 11.8 Å². The highest BCUT2D eigenvalue weighted by atomic mass is 35.5. The summed E-state index contributed by atoms with van der Waals surface area (Å²) in [5.74, 6) is 0.628. The summed E-state index contributed by atoms with van der Waals surface area (Å²) < 4.78 is 0. The molecular formula is C23H28Cl2N2O2S. The molecule has 2 amide bonds. The number of hydrogen-bond donors (Lipinski definition) is 1. The van der Waals surface area contributed by atoms with Crippen molar-refractivity contribution in [1.82, 2.24) is 10.2 Å². The molecule has 7 heteroatoms. The minimum atomic E-state index is -0.558. The number of carbonyl (C=O) groups is 2. The van der Waals surface area contributed by atoms with Gasteiger partial charge in [0, 0.05) is 28.4 Å². The summed E-state index contributed by atoms with van der Waals surface area (Å²) in [6, 6.07) is 14.4. The van der Waals surface area contributed by atoms with E-state index in [2.05, 4.69) is 5.32 Å². The summed E-state index contributed by atoms with van der Waals surface area (Å²) in [6.07, 6.45) is 0.518. The zero-order valence-electron chi connectivity index (χ0n) is 17.5. The Bertz CT molecular complexity index is 861. The van der Waals surface area contributed by atoms with Crippen molar-refractivity contribution in [3.05, 3.63) is 69.7 Å². The predicted molar refractivity (Wildman–Crippen MR) is 127 cm³/mol. The maximum Gasteiger partial charge on any atom is 0.243 e. The molecule has 162 valence electrons. The second-order valence-electron chi connectivity index (χ2n) is 7.28. The first-order valence-corrected chi connectivity index (χ1v) is 11.9. The van der Waals surface area contributed by atoms with Crippen LogP contribution in [-0.4, -0.2) is 34.6 Å². The van der Waals surface area contributed by atoms with E-state index in [0.717, 1.165) is 11.1 Å². The second kappa shape index (κ2) is 12.2. The molecule has 0 heterocycles. The Hall–Kier alpha value is -1.69. The molecule has 2 rings (SSSR count). The third-order valence-corrected chi connectivity index (χ3v) is 6.26. The van der Waals surface area contributed by atoms with Crippen LogP contribution in [-0.2, 0) is 21.9 Å². The van der Waals surface area contributed by atoms with Crippen LogP contribution >= 0.6 is 35.0 Å². The summed E-state index contributed by atoms with van der Waals surface area (Å²) in [5.41, 5.74) is 1.80. The Balaban J connectivity index is 2.16. The molecule has 0 radical (unpaired) electrons. The fourth-order valence-electron chi connectivity index (χ4n) is 3.06. The molecule has 0 saturated heterocycles. The van der Waals surface area contributed by atoms with Gasteiger partial charge in [0.25, 0.3) is 0 Å². The lowest BCUT2D eigenvalue weighted by Gasteiger charge is -2.31. The number of thioether (sulfide) groups is 1. The number of nitrogens with zero attached hydrogens (tertiary/aromatic N) is 1. The molecule has 4 nitrogen and oxygen atoms in total. The quantitative estimate of drug-likeness (QED) is 0.498. The number of amides is 2. The highest BCUT2D eigenvalue weighted by molar-refractivity contribution is 7.99. The fourth-order valence-corrected chi connectivity index (χ4v) is 4.45. The lowest BCUT2D eigenvalue weighted by molar-refractivity contribution is -0.139. The van der Waals surface area contributed by atoms with Crippen LogP contribution in [0, 0.1) is 0 Å². The van der Waals surface area contributed by atoms with Crippen molar-refractivity contribution in [3.8, 4) is 0 Å². The van der Waals surface area contributed by atoms with Gasteiger partial charge in [0.15, 0.2) is 0 Å². The molecule has 0 aliphatic rings. The second-order valence-corrected chi connectivity index (χ2v) is 9.08. The van der Waals surface area contributed by atoms with Crippen LogP contribution in [0.25, 0.3) is 0 Å². The van der Waals surface area contributed by atoms with E-state index in [0.29, 0.717) is 22.2 Å². The Labute approximate surface area is 193 Å². The topological polar surface area (TPSA) is 49.4 Å². The fraction of sp³-hybridized carbons (Fsp3) is 0.391. The maximum absolute atomic E-state index is 13.2. The third kappa shape index (κ3) is 7.22. The van der Waals surface area contributed by atoms with Crippen LogP contribution in [0.1, 0.15) is 38.3 Å². The molecule has 2 aromatic carbocycles. The van der Waals surface area contributed by atoms with Crippen LogP contribution in [0.4, 0.5) is 0 Å². The molecule has 0 unspecified atom stereocenters. The van der Waals surface area contributed by atoms with Crippen molar-refractivity contribution in [3.63, 3.8) is 0 Å². The molecule has 0 bridgehead atoms. The highest BCUT2D eigenvalue weighted by Gasteiger charge is 2.29. The zero-order chi connectivity index (χ0) is 22.1. The SMILES string of the molecule is CC[C@@H](C(=O)NC(C)C)N(Cc1ccccc1Cl)C(=O)CSCc1ccccc1Cl. The molecule has 0 aliphatic carbocycles. The van der Waals surface area contributed by atoms with Gasteiger partial charge in [-0.1, -0.05) is 66.5 Å².